The molecule has 112 valence electrons. The van der Waals surface area contributed by atoms with Crippen LogP contribution in [0.1, 0.15) is 46.0 Å². The van der Waals surface area contributed by atoms with Crippen LogP contribution in [0.4, 0.5) is 0 Å². The zero-order chi connectivity index (χ0) is 14.9. The van der Waals surface area contributed by atoms with E-state index in [0.717, 1.165) is 0 Å². The van der Waals surface area contributed by atoms with Crippen molar-refractivity contribution in [1.29, 1.82) is 0 Å². The van der Waals surface area contributed by atoms with Gasteiger partial charge in [0.05, 0.1) is 6.61 Å². The second kappa shape index (κ2) is 16.4. The van der Waals surface area contributed by atoms with E-state index >= 15 is 0 Å². The first-order valence-electron chi connectivity index (χ1n) is 6.62. The van der Waals surface area contributed by atoms with E-state index in [0.29, 0.717) is 25.8 Å². The largest absolute Gasteiger partial charge is 0.348 e. The lowest BCUT2D eigenvalue weighted by Crippen LogP contribution is -2.17. The summed E-state index contributed by atoms with van der Waals surface area (Å²) in [5.41, 5.74) is 0. The van der Waals surface area contributed by atoms with Crippen LogP contribution in [0.2, 0.25) is 0 Å². The minimum Gasteiger partial charge on any atom is -0.348 e. The third kappa shape index (κ3) is 22.1. The highest BCUT2D eigenvalue weighted by molar-refractivity contribution is 5.46. The maximum Gasteiger partial charge on any atom is 0.294 e. The van der Waals surface area contributed by atoms with Gasteiger partial charge in [0.2, 0.25) is 6.41 Å². The minimum atomic E-state index is -0.816. The van der Waals surface area contributed by atoms with Crippen LogP contribution in [0.3, 0.4) is 0 Å². The molecule has 0 unspecified atom stereocenters. The van der Waals surface area contributed by atoms with Crippen LogP contribution in [0.15, 0.2) is 12.2 Å². The number of hydrogen-bond donors (Lipinski definition) is 0. The molecule has 0 aromatic heterocycles. The maximum absolute atomic E-state index is 10.1. The average molecular weight is 274 g/mol. The molecule has 0 aromatic rings. The number of carbonyl (C=O) groups excluding carboxylic acids is 1. The second-order valence-electron chi connectivity index (χ2n) is 4.06. The molecule has 6 nitrogen and oxygen atoms in total. The molecular formula is C13H26N2O4. The normalized spacial score (nSPS) is 9.63. The molecule has 0 fully saturated rings. The van der Waals surface area contributed by atoms with Gasteiger partial charge in [0, 0.05) is 13.6 Å². The molecule has 0 N–H and O–H groups in total. The first-order valence-corrected chi connectivity index (χ1v) is 6.62. The van der Waals surface area contributed by atoms with Gasteiger partial charge in [-0.3, -0.25) is 4.79 Å². The summed E-state index contributed by atoms with van der Waals surface area (Å²) in [6.45, 7) is 4.98. The van der Waals surface area contributed by atoms with Gasteiger partial charge < -0.3 is 9.74 Å². The predicted molar refractivity (Wildman–Crippen MR) is 75.2 cm³/mol. The molecular weight excluding hydrogens is 248 g/mol. The van der Waals surface area contributed by atoms with Crippen molar-refractivity contribution in [2.75, 3.05) is 20.2 Å². The zero-order valence-electron chi connectivity index (χ0n) is 12.2. The smallest absolute Gasteiger partial charge is 0.294 e. The van der Waals surface area contributed by atoms with Crippen molar-refractivity contribution < 1.29 is 14.7 Å². The highest BCUT2D eigenvalue weighted by atomic mass is 16.9. The van der Waals surface area contributed by atoms with Crippen LogP contribution in [0.25, 0.3) is 0 Å². The van der Waals surface area contributed by atoms with Crippen LogP contribution in [-0.2, 0) is 9.63 Å². The second-order valence-corrected chi connectivity index (χ2v) is 4.06. The number of carbonyl (C=O) groups is 1. The summed E-state index contributed by atoms with van der Waals surface area (Å²) in [7, 11) is 1.65. The highest BCUT2D eigenvalue weighted by Gasteiger charge is 1.96. The van der Waals surface area contributed by atoms with Crippen molar-refractivity contribution in [3.63, 3.8) is 0 Å². The number of allylic oxidation sites excluding steroid dienone is 2. The molecule has 0 rings (SSSR count). The van der Waals surface area contributed by atoms with E-state index in [1.165, 1.54) is 24.2 Å². The van der Waals surface area contributed by atoms with E-state index < -0.39 is 5.09 Å². The Kier molecular flexibility index (Phi) is 17.1. The van der Waals surface area contributed by atoms with Gasteiger partial charge in [0.1, 0.15) is 0 Å². The molecule has 0 spiro atoms. The van der Waals surface area contributed by atoms with Crippen LogP contribution in [-0.4, -0.2) is 36.6 Å². The summed E-state index contributed by atoms with van der Waals surface area (Å²) < 4.78 is 0. The molecule has 0 bridgehead atoms. The van der Waals surface area contributed by atoms with Gasteiger partial charge in [-0.25, -0.2) is 0 Å². The van der Waals surface area contributed by atoms with Crippen molar-refractivity contribution in [1.82, 2.24) is 4.90 Å². The summed E-state index contributed by atoms with van der Waals surface area (Å²) in [6.07, 6.45) is 10.2. The Morgan fingerprint density at radius 3 is 2.47 bits per heavy atom. The van der Waals surface area contributed by atoms with E-state index in [2.05, 4.69) is 30.8 Å². The summed E-state index contributed by atoms with van der Waals surface area (Å²) in [6, 6.07) is 0. The topological polar surface area (TPSA) is 72.7 Å². The number of rotatable bonds is 10. The Balaban J connectivity index is 0. The Labute approximate surface area is 115 Å². The average Bonchev–Trinajstić information content (AvgIpc) is 2.39. The lowest BCUT2D eigenvalue weighted by atomic mass is 10.2. The van der Waals surface area contributed by atoms with Crippen molar-refractivity contribution in [3.05, 3.63) is 22.3 Å². The third-order valence-corrected chi connectivity index (χ3v) is 2.24. The number of amides is 1. The highest BCUT2D eigenvalue weighted by Crippen LogP contribution is 1.93. The van der Waals surface area contributed by atoms with Gasteiger partial charge in [0.25, 0.3) is 5.09 Å². The first kappa shape index (κ1) is 19.7. The Morgan fingerprint density at radius 2 is 2.00 bits per heavy atom. The van der Waals surface area contributed by atoms with Crippen molar-refractivity contribution in [3.8, 4) is 0 Å². The molecule has 0 aliphatic carbocycles. The van der Waals surface area contributed by atoms with Crippen LogP contribution in [0.5, 0.6) is 0 Å². The van der Waals surface area contributed by atoms with E-state index in [4.69, 9.17) is 0 Å². The molecule has 0 saturated heterocycles. The van der Waals surface area contributed by atoms with Crippen molar-refractivity contribution in [2.45, 2.75) is 46.0 Å². The number of unbranched alkanes of at least 4 members (excludes halogenated alkanes) is 3. The van der Waals surface area contributed by atoms with Gasteiger partial charge >= 0.3 is 0 Å². The van der Waals surface area contributed by atoms with Crippen molar-refractivity contribution >= 4 is 6.41 Å². The monoisotopic (exact) mass is 274 g/mol. The molecule has 1 amide bonds. The van der Waals surface area contributed by atoms with E-state index in [-0.39, 0.29) is 6.61 Å². The molecule has 0 radical (unpaired) electrons. The molecule has 19 heavy (non-hydrogen) atoms. The summed E-state index contributed by atoms with van der Waals surface area (Å²) in [5.74, 6) is 0. The van der Waals surface area contributed by atoms with Crippen LogP contribution < -0.4 is 0 Å². The number of nitrogens with zero attached hydrogens (tertiary/aromatic N) is 2. The van der Waals surface area contributed by atoms with Gasteiger partial charge in [-0.2, -0.15) is 0 Å². The fourth-order valence-electron chi connectivity index (χ4n) is 1.14. The molecule has 0 saturated carbocycles. The Bertz CT molecular complexity index is 245. The summed E-state index contributed by atoms with van der Waals surface area (Å²) in [4.78, 5) is 25.3. The standard InChI is InChI=1S/C7H14.C6H12N2O4/c1-3-5-7-6-4-2;1-7(6-9)4-2-3-5-12-8(10)11/h3,5H,4,6-7H2,1-2H3;6H,2-5H2,1H3. The minimum absolute atomic E-state index is 0.0969. The Hall–Kier alpha value is -1.59. The fraction of sp³-hybridized carbons (Fsp3) is 0.769. The third-order valence-electron chi connectivity index (χ3n) is 2.24. The summed E-state index contributed by atoms with van der Waals surface area (Å²) in [5, 5.41) is 8.85. The SMILES string of the molecule is CC=CCCCC.CN(C=O)CCCCO[N+](=O)[O-]. The number of hydrogen-bond acceptors (Lipinski definition) is 4. The quantitative estimate of drug-likeness (QED) is 0.202. The van der Waals surface area contributed by atoms with Gasteiger partial charge in [-0.05, 0) is 26.2 Å². The molecule has 0 heterocycles. The zero-order valence-corrected chi connectivity index (χ0v) is 12.2. The Morgan fingerprint density at radius 1 is 1.32 bits per heavy atom. The predicted octanol–water partition coefficient (Wildman–Crippen LogP) is 2.82. The molecule has 0 aliphatic rings. The summed E-state index contributed by atoms with van der Waals surface area (Å²) >= 11 is 0. The lowest BCUT2D eigenvalue weighted by molar-refractivity contribution is -0.757. The fourth-order valence-corrected chi connectivity index (χ4v) is 1.14. The molecule has 6 heteroatoms. The van der Waals surface area contributed by atoms with E-state index in [1.807, 2.05) is 0 Å². The maximum atomic E-state index is 10.1. The molecule has 0 aliphatic heterocycles. The van der Waals surface area contributed by atoms with Gasteiger partial charge in [0.15, 0.2) is 0 Å². The van der Waals surface area contributed by atoms with E-state index in [1.54, 1.807) is 7.05 Å². The van der Waals surface area contributed by atoms with Crippen molar-refractivity contribution in [2.24, 2.45) is 0 Å². The first-order chi connectivity index (χ1) is 9.08. The van der Waals surface area contributed by atoms with Gasteiger partial charge in [-0.15, -0.1) is 10.1 Å². The van der Waals surface area contributed by atoms with E-state index in [9.17, 15) is 14.9 Å². The molecule has 0 atom stereocenters. The van der Waals surface area contributed by atoms with Crippen LogP contribution >= 0.6 is 0 Å². The van der Waals surface area contributed by atoms with Crippen LogP contribution in [0, 0.1) is 10.1 Å². The van der Waals surface area contributed by atoms with Gasteiger partial charge in [-0.1, -0.05) is 31.9 Å². The molecule has 0 aromatic carbocycles. The lowest BCUT2D eigenvalue weighted by Gasteiger charge is -2.08.